The van der Waals surface area contributed by atoms with Crippen LogP contribution >= 0.6 is 0 Å². The number of nitrogens with zero attached hydrogens (tertiary/aromatic N) is 2. The first-order valence-corrected chi connectivity index (χ1v) is 10.7. The molecule has 6 heteroatoms. The number of hydrogen-bond acceptors (Lipinski definition) is 2. The smallest absolute Gasteiger partial charge is 0.285 e. The second-order valence-electron chi connectivity index (χ2n) is 7.07. The van der Waals surface area contributed by atoms with Crippen LogP contribution in [0.1, 0.15) is 82.5 Å². The third-order valence-electron chi connectivity index (χ3n) is 4.83. The van der Waals surface area contributed by atoms with Gasteiger partial charge >= 0.3 is 0 Å². The molecule has 1 rings (SSSR count). The van der Waals surface area contributed by atoms with Gasteiger partial charge in [-0.05, 0) is 26.3 Å². The topological polar surface area (TPSA) is 53.3 Å². The van der Waals surface area contributed by atoms with Crippen molar-refractivity contribution in [1.29, 1.82) is 0 Å². The average Bonchev–Trinajstić information content (AvgIpc) is 2.67. The van der Waals surface area contributed by atoms with Crippen molar-refractivity contribution in [2.24, 2.45) is 0 Å². The summed E-state index contributed by atoms with van der Waals surface area (Å²) >= 11 is 0. The Balaban J connectivity index is 0.00000729. The molecule has 0 atom stereocenters. The lowest BCUT2D eigenvalue weighted by molar-refractivity contribution is -0.684. The summed E-state index contributed by atoms with van der Waals surface area (Å²) in [5, 5.41) is 2.98. The molecule has 0 aliphatic heterocycles. The number of nitrogens with one attached hydrogen (secondary N) is 1. The van der Waals surface area contributed by atoms with Crippen LogP contribution in [-0.2, 0) is 11.3 Å². The molecule has 1 aromatic rings. The normalized spacial score (nSPS) is 10.2. The van der Waals surface area contributed by atoms with E-state index in [1.807, 2.05) is 26.1 Å². The molecule has 1 heterocycles. The van der Waals surface area contributed by atoms with Gasteiger partial charge in [0.1, 0.15) is 5.56 Å². The van der Waals surface area contributed by atoms with Crippen molar-refractivity contribution < 1.29 is 26.6 Å². The Hall–Kier alpha value is -1.62. The predicted molar refractivity (Wildman–Crippen MR) is 110 cm³/mol. The van der Waals surface area contributed by atoms with E-state index in [0.717, 1.165) is 13.0 Å². The van der Waals surface area contributed by atoms with Gasteiger partial charge in [0.25, 0.3) is 11.8 Å². The van der Waals surface area contributed by atoms with Gasteiger partial charge in [0.2, 0.25) is 6.54 Å². The third kappa shape index (κ3) is 10.6. The van der Waals surface area contributed by atoms with Gasteiger partial charge in [0.15, 0.2) is 12.4 Å². The van der Waals surface area contributed by atoms with Crippen LogP contribution in [0.25, 0.3) is 0 Å². The maximum atomic E-state index is 12.4. The molecule has 2 amide bonds. The number of aromatic nitrogens is 1. The van der Waals surface area contributed by atoms with Crippen LogP contribution in [0.4, 0.5) is 0 Å². The molecule has 0 unspecified atom stereocenters. The minimum atomic E-state index is -0.00427. The van der Waals surface area contributed by atoms with Gasteiger partial charge in [0, 0.05) is 25.7 Å². The van der Waals surface area contributed by atoms with E-state index in [1.165, 1.54) is 44.9 Å². The lowest BCUT2D eigenvalue weighted by Crippen LogP contribution is -3.00. The standard InChI is InChI=1S/C22H37N3O2.ClH/c1-4-7-8-9-10-11-12-13-16-23-21(26)19-24-17-14-15-20(18-24)22(27)25(5-2)6-3;/h14-15,17-18H,4-13,16,19H2,1-3H3;1H. The molecular weight excluding hydrogens is 374 g/mol. The summed E-state index contributed by atoms with van der Waals surface area (Å²) < 4.78 is 1.78. The molecule has 0 saturated heterocycles. The van der Waals surface area contributed by atoms with Gasteiger partial charge in [-0.15, -0.1) is 0 Å². The fourth-order valence-corrected chi connectivity index (χ4v) is 3.15. The van der Waals surface area contributed by atoms with Gasteiger partial charge in [-0.3, -0.25) is 9.59 Å². The van der Waals surface area contributed by atoms with Crippen molar-refractivity contribution in [1.82, 2.24) is 10.2 Å². The van der Waals surface area contributed by atoms with Crippen LogP contribution in [0.5, 0.6) is 0 Å². The largest absolute Gasteiger partial charge is 1.00 e. The van der Waals surface area contributed by atoms with E-state index < -0.39 is 0 Å². The van der Waals surface area contributed by atoms with E-state index in [0.29, 0.717) is 18.7 Å². The van der Waals surface area contributed by atoms with Gasteiger partial charge in [-0.1, -0.05) is 51.9 Å². The second-order valence-corrected chi connectivity index (χ2v) is 7.07. The predicted octanol–water partition coefficient (Wildman–Crippen LogP) is 0.717. The highest BCUT2D eigenvalue weighted by molar-refractivity contribution is 5.93. The third-order valence-corrected chi connectivity index (χ3v) is 4.83. The number of halogens is 1. The number of rotatable bonds is 14. The van der Waals surface area contributed by atoms with E-state index in [1.54, 1.807) is 21.7 Å². The molecule has 0 bridgehead atoms. The lowest BCUT2D eigenvalue weighted by atomic mass is 10.1. The summed E-state index contributed by atoms with van der Waals surface area (Å²) in [5.41, 5.74) is 0.622. The van der Waals surface area contributed by atoms with Crippen LogP contribution in [0.2, 0.25) is 0 Å². The maximum Gasteiger partial charge on any atom is 0.285 e. The summed E-state index contributed by atoms with van der Waals surface area (Å²) in [6.07, 6.45) is 13.7. The highest BCUT2D eigenvalue weighted by atomic mass is 35.5. The van der Waals surface area contributed by atoms with E-state index in [4.69, 9.17) is 0 Å². The summed E-state index contributed by atoms with van der Waals surface area (Å²) in [5.74, 6) is 0.00378. The quantitative estimate of drug-likeness (QED) is 0.362. The lowest BCUT2D eigenvalue weighted by Gasteiger charge is -2.17. The zero-order chi connectivity index (χ0) is 19.9. The molecule has 160 valence electrons. The first-order chi connectivity index (χ1) is 13.1. The van der Waals surface area contributed by atoms with Gasteiger partial charge < -0.3 is 22.6 Å². The summed E-state index contributed by atoms with van der Waals surface area (Å²) in [6, 6.07) is 3.62. The number of unbranched alkanes of at least 4 members (excludes halogenated alkanes) is 7. The van der Waals surface area contributed by atoms with Gasteiger partial charge in [-0.25, -0.2) is 0 Å². The van der Waals surface area contributed by atoms with Crippen LogP contribution in [0.3, 0.4) is 0 Å². The van der Waals surface area contributed by atoms with E-state index in [-0.39, 0.29) is 30.8 Å². The highest BCUT2D eigenvalue weighted by Crippen LogP contribution is 2.07. The first kappa shape index (κ1) is 26.4. The molecule has 0 spiro atoms. The van der Waals surface area contributed by atoms with Gasteiger partial charge in [-0.2, -0.15) is 4.57 Å². The Morgan fingerprint density at radius 3 is 2.18 bits per heavy atom. The average molecular weight is 412 g/mol. The van der Waals surface area contributed by atoms with Crippen LogP contribution < -0.4 is 22.3 Å². The second kappa shape index (κ2) is 16.3. The summed E-state index contributed by atoms with van der Waals surface area (Å²) in [6.45, 7) is 8.52. The zero-order valence-electron chi connectivity index (χ0n) is 17.9. The number of pyridine rings is 1. The molecule has 0 fully saturated rings. The fraction of sp³-hybridized carbons (Fsp3) is 0.682. The van der Waals surface area contributed by atoms with Crippen LogP contribution in [-0.4, -0.2) is 36.3 Å². The first-order valence-electron chi connectivity index (χ1n) is 10.7. The number of carbonyl (C=O) groups is 2. The Labute approximate surface area is 177 Å². The Morgan fingerprint density at radius 2 is 1.57 bits per heavy atom. The molecule has 1 aromatic heterocycles. The fourth-order valence-electron chi connectivity index (χ4n) is 3.15. The Bertz CT molecular complexity index is 562. The zero-order valence-corrected chi connectivity index (χ0v) is 18.6. The number of carbonyl (C=O) groups excluding carboxylic acids is 2. The molecular formula is C22H38ClN3O2. The number of hydrogen-bond donors (Lipinski definition) is 1. The number of amides is 2. The van der Waals surface area contributed by atoms with E-state index >= 15 is 0 Å². The molecule has 28 heavy (non-hydrogen) atoms. The van der Waals surface area contributed by atoms with Crippen molar-refractivity contribution in [3.05, 3.63) is 30.1 Å². The highest BCUT2D eigenvalue weighted by Gasteiger charge is 2.17. The molecule has 0 aliphatic rings. The Kier molecular flexibility index (Phi) is 15.4. The van der Waals surface area contributed by atoms with Crippen molar-refractivity contribution in [2.75, 3.05) is 19.6 Å². The van der Waals surface area contributed by atoms with Crippen molar-refractivity contribution in [3.63, 3.8) is 0 Å². The molecule has 0 saturated carbocycles. The van der Waals surface area contributed by atoms with Crippen molar-refractivity contribution in [2.45, 2.75) is 78.7 Å². The minimum Gasteiger partial charge on any atom is -1.00 e. The van der Waals surface area contributed by atoms with Crippen molar-refractivity contribution in [3.8, 4) is 0 Å². The van der Waals surface area contributed by atoms with Crippen LogP contribution in [0, 0.1) is 0 Å². The molecule has 5 nitrogen and oxygen atoms in total. The van der Waals surface area contributed by atoms with E-state index in [9.17, 15) is 9.59 Å². The summed E-state index contributed by atoms with van der Waals surface area (Å²) in [7, 11) is 0. The maximum absolute atomic E-state index is 12.4. The molecule has 1 N–H and O–H groups in total. The molecule has 0 radical (unpaired) electrons. The van der Waals surface area contributed by atoms with Crippen molar-refractivity contribution >= 4 is 11.8 Å². The SMILES string of the molecule is CCCCCCCCCCNC(=O)C[n+]1cccc(C(=O)N(CC)CC)c1.[Cl-]. The van der Waals surface area contributed by atoms with E-state index in [2.05, 4.69) is 12.2 Å². The summed E-state index contributed by atoms with van der Waals surface area (Å²) in [4.78, 5) is 26.3. The molecule has 0 aromatic carbocycles. The minimum absolute atomic E-state index is 0. The van der Waals surface area contributed by atoms with Gasteiger partial charge in [0.05, 0.1) is 0 Å². The Morgan fingerprint density at radius 1 is 0.964 bits per heavy atom. The molecule has 0 aliphatic carbocycles. The monoisotopic (exact) mass is 411 g/mol. The van der Waals surface area contributed by atoms with Crippen LogP contribution in [0.15, 0.2) is 24.5 Å².